The zero-order chi connectivity index (χ0) is 23.1. The summed E-state index contributed by atoms with van der Waals surface area (Å²) >= 11 is 0. The number of aryl methyl sites for hydroxylation is 2. The molecule has 1 amide bonds. The fourth-order valence-corrected chi connectivity index (χ4v) is 3.11. The molecule has 0 aromatic heterocycles. The smallest absolute Gasteiger partial charge is 0.355 e. The molecule has 0 saturated heterocycles. The molecule has 1 atom stereocenters. The number of rotatable bonds is 7. The van der Waals surface area contributed by atoms with E-state index >= 15 is 0 Å². The molecule has 0 spiro atoms. The number of nitrogens with one attached hydrogen (secondary N) is 1. The summed E-state index contributed by atoms with van der Waals surface area (Å²) in [5, 5.41) is 2.52. The van der Waals surface area contributed by atoms with Gasteiger partial charge in [-0.3, -0.25) is 9.59 Å². The van der Waals surface area contributed by atoms with Crippen molar-refractivity contribution in [2.75, 3.05) is 0 Å². The lowest BCUT2D eigenvalue weighted by Gasteiger charge is -2.19. The second kappa shape index (κ2) is 10.4. The predicted octanol–water partition coefficient (Wildman–Crippen LogP) is 4.95. The predicted molar refractivity (Wildman–Crippen MR) is 124 cm³/mol. The first-order valence-corrected chi connectivity index (χ1v) is 10.3. The lowest BCUT2D eigenvalue weighted by Crippen LogP contribution is -2.29. The van der Waals surface area contributed by atoms with Gasteiger partial charge in [-0.05, 0) is 25.5 Å². The second-order valence-corrected chi connectivity index (χ2v) is 7.58. The SMILES string of the molecule is CC(=O)N/C(=C/c1ccccc1)C(=O)O[C@H](C(=O)c1ccc(C)cc1)c1ccc(C)cc1. The Morgan fingerprint density at radius 3 is 1.94 bits per heavy atom. The van der Waals surface area contributed by atoms with Crippen molar-refractivity contribution in [2.24, 2.45) is 0 Å². The van der Waals surface area contributed by atoms with Crippen molar-refractivity contribution in [3.63, 3.8) is 0 Å². The van der Waals surface area contributed by atoms with Gasteiger partial charge in [-0.1, -0.05) is 90.0 Å². The third kappa shape index (κ3) is 6.01. The van der Waals surface area contributed by atoms with Gasteiger partial charge >= 0.3 is 5.97 Å². The quantitative estimate of drug-likeness (QED) is 0.329. The van der Waals surface area contributed by atoms with Crippen molar-refractivity contribution in [1.29, 1.82) is 0 Å². The van der Waals surface area contributed by atoms with E-state index in [0.717, 1.165) is 11.1 Å². The monoisotopic (exact) mass is 427 g/mol. The van der Waals surface area contributed by atoms with Gasteiger partial charge in [0.2, 0.25) is 11.7 Å². The summed E-state index contributed by atoms with van der Waals surface area (Å²) in [6.45, 7) is 5.17. The number of hydrogen-bond acceptors (Lipinski definition) is 4. The van der Waals surface area contributed by atoms with Crippen LogP contribution in [0.3, 0.4) is 0 Å². The van der Waals surface area contributed by atoms with Crippen LogP contribution in [0.1, 0.15) is 45.6 Å². The van der Waals surface area contributed by atoms with Crippen molar-refractivity contribution in [3.05, 3.63) is 112 Å². The highest BCUT2D eigenvalue weighted by atomic mass is 16.5. The molecule has 3 aromatic rings. The van der Waals surface area contributed by atoms with Gasteiger partial charge < -0.3 is 10.1 Å². The standard InChI is InChI=1S/C27H25NO4/c1-18-9-13-22(14-10-18)25(30)26(23-15-11-19(2)12-16-23)32-27(31)24(28-20(3)29)17-21-7-5-4-6-8-21/h4-17,26H,1-3H3,(H,28,29)/b24-17+/t26-/m0/s1. The van der Waals surface area contributed by atoms with Gasteiger partial charge in [-0.25, -0.2) is 4.79 Å². The Hall–Kier alpha value is -3.99. The molecule has 162 valence electrons. The summed E-state index contributed by atoms with van der Waals surface area (Å²) in [4.78, 5) is 38.1. The number of carbonyl (C=O) groups excluding carboxylic acids is 3. The van der Waals surface area contributed by atoms with E-state index in [4.69, 9.17) is 4.74 Å². The maximum Gasteiger partial charge on any atom is 0.355 e. The number of hydrogen-bond donors (Lipinski definition) is 1. The lowest BCUT2D eigenvalue weighted by molar-refractivity contribution is -0.143. The molecule has 0 aliphatic rings. The van der Waals surface area contributed by atoms with E-state index < -0.39 is 18.0 Å². The molecule has 1 N–H and O–H groups in total. The van der Waals surface area contributed by atoms with Crippen LogP contribution >= 0.6 is 0 Å². The number of benzene rings is 3. The van der Waals surface area contributed by atoms with Crippen LogP contribution in [0, 0.1) is 13.8 Å². The second-order valence-electron chi connectivity index (χ2n) is 7.58. The van der Waals surface area contributed by atoms with Crippen LogP contribution in [0.25, 0.3) is 6.08 Å². The minimum atomic E-state index is -1.15. The molecule has 0 saturated carbocycles. The molecule has 0 radical (unpaired) electrons. The highest BCUT2D eigenvalue weighted by Gasteiger charge is 2.28. The van der Waals surface area contributed by atoms with Gasteiger partial charge in [0, 0.05) is 18.1 Å². The number of Topliss-reactive ketones (excluding diaryl/α,β-unsaturated/α-hetero) is 1. The van der Waals surface area contributed by atoms with Crippen LogP contribution in [-0.4, -0.2) is 17.7 Å². The van der Waals surface area contributed by atoms with Crippen LogP contribution < -0.4 is 5.32 Å². The maximum atomic E-state index is 13.3. The molecule has 0 aliphatic heterocycles. The Bertz CT molecular complexity index is 1130. The van der Waals surface area contributed by atoms with Crippen LogP contribution in [0.5, 0.6) is 0 Å². The first-order valence-electron chi connectivity index (χ1n) is 10.3. The molecule has 5 heteroatoms. The lowest BCUT2D eigenvalue weighted by atomic mass is 9.98. The highest BCUT2D eigenvalue weighted by molar-refractivity contribution is 6.03. The normalized spacial score (nSPS) is 12.0. The molecule has 0 aliphatic carbocycles. The van der Waals surface area contributed by atoms with Gasteiger partial charge in [0.25, 0.3) is 0 Å². The Morgan fingerprint density at radius 2 is 1.38 bits per heavy atom. The third-order valence-electron chi connectivity index (χ3n) is 4.82. The zero-order valence-corrected chi connectivity index (χ0v) is 18.3. The zero-order valence-electron chi connectivity index (χ0n) is 18.3. The van der Waals surface area contributed by atoms with Crippen LogP contribution in [0.15, 0.2) is 84.6 Å². The molecule has 5 nitrogen and oxygen atoms in total. The molecule has 0 unspecified atom stereocenters. The maximum absolute atomic E-state index is 13.3. The topological polar surface area (TPSA) is 72.5 Å². The highest BCUT2D eigenvalue weighted by Crippen LogP contribution is 2.25. The molecular formula is C27H25NO4. The van der Waals surface area contributed by atoms with Gasteiger partial charge in [-0.15, -0.1) is 0 Å². The Morgan fingerprint density at radius 1 is 0.812 bits per heavy atom. The molecule has 32 heavy (non-hydrogen) atoms. The average Bonchev–Trinajstić information content (AvgIpc) is 2.78. The van der Waals surface area contributed by atoms with E-state index in [2.05, 4.69) is 5.32 Å². The first kappa shape index (κ1) is 22.7. The van der Waals surface area contributed by atoms with Crippen LogP contribution in [0.2, 0.25) is 0 Å². The van der Waals surface area contributed by atoms with Crippen LogP contribution in [-0.2, 0) is 14.3 Å². The van der Waals surface area contributed by atoms with E-state index in [9.17, 15) is 14.4 Å². The van der Waals surface area contributed by atoms with Crippen molar-refractivity contribution >= 4 is 23.7 Å². The third-order valence-corrected chi connectivity index (χ3v) is 4.82. The molecule has 0 heterocycles. The fourth-order valence-electron chi connectivity index (χ4n) is 3.11. The molecule has 3 rings (SSSR count). The van der Waals surface area contributed by atoms with Gasteiger partial charge in [0.05, 0.1) is 0 Å². The largest absolute Gasteiger partial charge is 0.444 e. The summed E-state index contributed by atoms with van der Waals surface area (Å²) in [5.74, 6) is -1.56. The number of carbonyl (C=O) groups is 3. The summed E-state index contributed by atoms with van der Waals surface area (Å²) in [7, 11) is 0. The van der Waals surface area contributed by atoms with E-state index in [0.29, 0.717) is 16.7 Å². The summed E-state index contributed by atoms with van der Waals surface area (Å²) in [6, 6.07) is 23.4. The molecular weight excluding hydrogens is 402 g/mol. The molecule has 0 bridgehead atoms. The van der Waals surface area contributed by atoms with Gasteiger partial charge in [0.1, 0.15) is 5.70 Å². The van der Waals surface area contributed by atoms with E-state index in [-0.39, 0.29) is 11.5 Å². The minimum Gasteiger partial charge on any atom is -0.444 e. The Balaban J connectivity index is 1.96. The van der Waals surface area contributed by atoms with E-state index in [1.807, 2.05) is 56.3 Å². The summed E-state index contributed by atoms with van der Waals surface area (Å²) in [6.07, 6.45) is 0.366. The fraction of sp³-hybridized carbons (Fsp3) is 0.148. The van der Waals surface area contributed by atoms with Crippen molar-refractivity contribution in [1.82, 2.24) is 5.32 Å². The molecule has 0 fully saturated rings. The summed E-state index contributed by atoms with van der Waals surface area (Å²) < 4.78 is 5.69. The van der Waals surface area contributed by atoms with E-state index in [1.54, 1.807) is 36.4 Å². The van der Waals surface area contributed by atoms with Gasteiger partial charge in [-0.2, -0.15) is 0 Å². The van der Waals surface area contributed by atoms with Crippen LogP contribution in [0.4, 0.5) is 0 Å². The van der Waals surface area contributed by atoms with Crippen molar-refractivity contribution < 1.29 is 19.1 Å². The summed E-state index contributed by atoms with van der Waals surface area (Å²) in [5.41, 5.74) is 3.69. The number of esters is 1. The number of ketones is 1. The molecule has 3 aromatic carbocycles. The number of amides is 1. The Labute approximate surface area is 187 Å². The van der Waals surface area contributed by atoms with Gasteiger partial charge in [0.15, 0.2) is 6.10 Å². The minimum absolute atomic E-state index is 0.0440. The van der Waals surface area contributed by atoms with Crippen molar-refractivity contribution in [2.45, 2.75) is 26.9 Å². The van der Waals surface area contributed by atoms with E-state index in [1.165, 1.54) is 13.0 Å². The van der Waals surface area contributed by atoms with Crippen molar-refractivity contribution in [3.8, 4) is 0 Å². The number of ether oxygens (including phenoxy) is 1. The first-order chi connectivity index (χ1) is 15.3. The average molecular weight is 428 g/mol. The Kier molecular flexibility index (Phi) is 7.34.